The largest absolute Gasteiger partial charge is 0.0610 e. The van der Waals surface area contributed by atoms with Gasteiger partial charge in [0.1, 0.15) is 0 Å². The zero-order valence-corrected chi connectivity index (χ0v) is 28.3. The third-order valence-corrected chi connectivity index (χ3v) is 7.55. The third kappa shape index (κ3) is 7.34. The molecule has 0 saturated heterocycles. The van der Waals surface area contributed by atoms with Gasteiger partial charge in [0.05, 0.1) is 0 Å². The van der Waals surface area contributed by atoms with Crippen molar-refractivity contribution in [2.75, 3.05) is 0 Å². The lowest BCUT2D eigenvalue weighted by molar-refractivity contribution is 0.544. The van der Waals surface area contributed by atoms with Crippen molar-refractivity contribution in [3.05, 3.63) is 68.8 Å². The molecule has 0 aromatic heterocycles. The highest BCUT2D eigenvalue weighted by Gasteiger charge is 2.30. The van der Waals surface area contributed by atoms with Crippen molar-refractivity contribution in [2.24, 2.45) is 0 Å². The van der Waals surface area contributed by atoms with Gasteiger partial charge in [0, 0.05) is 11.1 Å². The molecule has 0 heteroatoms. The summed E-state index contributed by atoms with van der Waals surface area (Å²) in [4.78, 5) is 0. The molecule has 2 rings (SSSR count). The van der Waals surface area contributed by atoms with E-state index < -0.39 is 0 Å². The molecule has 0 radical (unpaired) electrons. The van der Waals surface area contributed by atoms with Crippen molar-refractivity contribution in [2.45, 2.75) is 157 Å². The van der Waals surface area contributed by atoms with E-state index in [1.165, 1.54) is 44.5 Å². The van der Waals surface area contributed by atoms with E-state index in [4.69, 9.17) is 0 Å². The Morgan fingerprint density at radius 2 is 0.500 bits per heavy atom. The number of benzene rings is 2. The van der Waals surface area contributed by atoms with Crippen LogP contribution in [0, 0.1) is 11.8 Å². The van der Waals surface area contributed by atoms with E-state index in [-0.39, 0.29) is 32.5 Å². The number of hydrogen-bond acceptors (Lipinski definition) is 0. The SMILES string of the molecule is CC(C)(C)c1cc(C(C)(C)C)c(C#Cc2c(C(C)(C)C)cc(C(C)(C)C)cc2C(C)(C)C)c(C(C)(C)C)c1. The van der Waals surface area contributed by atoms with Gasteiger partial charge in [-0.3, -0.25) is 0 Å². The van der Waals surface area contributed by atoms with Crippen LogP contribution in [0.15, 0.2) is 24.3 Å². The van der Waals surface area contributed by atoms with Gasteiger partial charge in [-0.2, -0.15) is 0 Å². The second-order valence-electron chi connectivity index (χ2n) is 17.6. The summed E-state index contributed by atoms with van der Waals surface area (Å²) in [6.45, 7) is 41.8. The molecule has 2 aromatic carbocycles. The molecular weight excluding hydrogens is 456 g/mol. The molecule has 0 saturated carbocycles. The smallest absolute Gasteiger partial charge is 0.0323 e. The Morgan fingerprint density at radius 1 is 0.316 bits per heavy atom. The average Bonchev–Trinajstić information content (AvgIpc) is 2.66. The van der Waals surface area contributed by atoms with E-state index in [1.54, 1.807) is 0 Å². The molecule has 0 fully saturated rings. The highest BCUT2D eigenvalue weighted by Crippen LogP contribution is 2.40. The topological polar surface area (TPSA) is 0 Å². The fraction of sp³-hybridized carbons (Fsp3) is 0.632. The van der Waals surface area contributed by atoms with Crippen molar-refractivity contribution in [1.82, 2.24) is 0 Å². The Kier molecular flexibility index (Phi) is 8.37. The maximum Gasteiger partial charge on any atom is 0.0323 e. The Labute approximate surface area is 237 Å². The molecule has 38 heavy (non-hydrogen) atoms. The summed E-state index contributed by atoms with van der Waals surface area (Å²) in [7, 11) is 0. The van der Waals surface area contributed by atoms with Gasteiger partial charge in [-0.25, -0.2) is 0 Å². The molecule has 0 amide bonds. The lowest BCUT2D eigenvalue weighted by Gasteiger charge is -2.33. The summed E-state index contributed by atoms with van der Waals surface area (Å²) in [6.07, 6.45) is 0. The minimum atomic E-state index is -0.0128. The van der Waals surface area contributed by atoms with E-state index in [0.717, 1.165) is 0 Å². The van der Waals surface area contributed by atoms with Gasteiger partial charge in [-0.05, 0) is 65.9 Å². The molecule has 0 aliphatic rings. The molecule has 0 unspecified atom stereocenters. The fourth-order valence-corrected chi connectivity index (χ4v) is 4.91. The van der Waals surface area contributed by atoms with Crippen molar-refractivity contribution in [3.8, 4) is 11.8 Å². The third-order valence-electron chi connectivity index (χ3n) is 7.55. The summed E-state index contributed by atoms with van der Waals surface area (Å²) in [5, 5.41) is 0. The van der Waals surface area contributed by atoms with Crippen LogP contribution >= 0.6 is 0 Å². The van der Waals surface area contributed by atoms with E-state index in [9.17, 15) is 0 Å². The molecule has 0 nitrogen and oxygen atoms in total. The predicted molar refractivity (Wildman–Crippen MR) is 171 cm³/mol. The Bertz CT molecular complexity index is 1060. The lowest BCUT2D eigenvalue weighted by atomic mass is 9.71. The first-order chi connectivity index (χ1) is 16.6. The highest BCUT2D eigenvalue weighted by atomic mass is 14.3. The Balaban J connectivity index is 3.13. The van der Waals surface area contributed by atoms with Crippen LogP contribution in [0.2, 0.25) is 0 Å². The van der Waals surface area contributed by atoms with Crippen molar-refractivity contribution >= 4 is 0 Å². The van der Waals surface area contributed by atoms with E-state index >= 15 is 0 Å². The van der Waals surface area contributed by atoms with Crippen LogP contribution in [0.1, 0.15) is 169 Å². The molecule has 0 spiro atoms. The standard InChI is InChI=1S/C38H58/c1-33(2,3)25-21-29(35(7,8)9)27(30(22-25)36(10,11)12)19-20-28-31(37(13,14)15)23-26(34(4,5)6)24-32(28)38(16,17)18/h21-24H,1-18H3. The quantitative estimate of drug-likeness (QED) is 0.307. The monoisotopic (exact) mass is 514 g/mol. The minimum Gasteiger partial charge on any atom is -0.0610 e. The van der Waals surface area contributed by atoms with Gasteiger partial charge in [-0.15, -0.1) is 0 Å². The predicted octanol–water partition coefficient (Wildman–Crippen LogP) is 10.9. The molecule has 0 heterocycles. The summed E-state index contributed by atoms with van der Waals surface area (Å²) < 4.78 is 0. The van der Waals surface area contributed by atoms with Crippen LogP contribution in [0.25, 0.3) is 0 Å². The van der Waals surface area contributed by atoms with Crippen LogP contribution in [0.4, 0.5) is 0 Å². The van der Waals surface area contributed by atoms with E-state index in [1.807, 2.05) is 0 Å². The summed E-state index contributed by atoms with van der Waals surface area (Å²) in [5.41, 5.74) is 10.7. The number of hydrogen-bond donors (Lipinski definition) is 0. The van der Waals surface area contributed by atoms with Gasteiger partial charge in [-0.1, -0.05) is 161 Å². The first-order valence-electron chi connectivity index (χ1n) is 14.6. The van der Waals surface area contributed by atoms with Gasteiger partial charge in [0.15, 0.2) is 0 Å². The van der Waals surface area contributed by atoms with E-state index in [2.05, 4.69) is 161 Å². The minimum absolute atomic E-state index is 0.0128. The average molecular weight is 515 g/mol. The zero-order chi connectivity index (χ0) is 29.9. The lowest BCUT2D eigenvalue weighted by Crippen LogP contribution is -2.24. The summed E-state index contributed by atoms with van der Waals surface area (Å²) in [5.74, 6) is 7.65. The molecule has 210 valence electrons. The van der Waals surface area contributed by atoms with Crippen LogP contribution in [0.3, 0.4) is 0 Å². The molecule has 0 aliphatic carbocycles. The van der Waals surface area contributed by atoms with Crippen LogP contribution in [-0.2, 0) is 32.5 Å². The van der Waals surface area contributed by atoms with Crippen LogP contribution in [-0.4, -0.2) is 0 Å². The van der Waals surface area contributed by atoms with Crippen LogP contribution < -0.4 is 0 Å². The maximum absolute atomic E-state index is 3.82. The molecule has 0 atom stereocenters. The Morgan fingerprint density at radius 3 is 0.632 bits per heavy atom. The fourth-order valence-electron chi connectivity index (χ4n) is 4.91. The molecule has 0 aliphatic heterocycles. The number of rotatable bonds is 0. The van der Waals surface area contributed by atoms with Crippen molar-refractivity contribution in [1.29, 1.82) is 0 Å². The first kappa shape index (κ1) is 32.2. The summed E-state index contributed by atoms with van der Waals surface area (Å²) in [6, 6.07) is 9.71. The Hall–Kier alpha value is -2.00. The maximum atomic E-state index is 3.82. The van der Waals surface area contributed by atoms with Crippen molar-refractivity contribution in [3.63, 3.8) is 0 Å². The van der Waals surface area contributed by atoms with Crippen LogP contribution in [0.5, 0.6) is 0 Å². The van der Waals surface area contributed by atoms with Gasteiger partial charge < -0.3 is 0 Å². The van der Waals surface area contributed by atoms with E-state index in [0.29, 0.717) is 0 Å². The first-order valence-corrected chi connectivity index (χ1v) is 14.6. The zero-order valence-electron chi connectivity index (χ0n) is 28.3. The second kappa shape index (κ2) is 9.88. The molecule has 2 aromatic rings. The molecular formula is C38H58. The highest BCUT2D eigenvalue weighted by molar-refractivity contribution is 5.61. The van der Waals surface area contributed by atoms with Gasteiger partial charge >= 0.3 is 0 Å². The second-order valence-corrected chi connectivity index (χ2v) is 17.6. The summed E-state index contributed by atoms with van der Waals surface area (Å²) >= 11 is 0. The molecule has 0 bridgehead atoms. The van der Waals surface area contributed by atoms with Crippen molar-refractivity contribution < 1.29 is 0 Å². The normalized spacial score (nSPS) is 13.8. The van der Waals surface area contributed by atoms with Gasteiger partial charge in [0.25, 0.3) is 0 Å². The van der Waals surface area contributed by atoms with Gasteiger partial charge in [0.2, 0.25) is 0 Å². The molecule has 0 N–H and O–H groups in total.